The Hall–Kier alpha value is -1.80. The van der Waals surface area contributed by atoms with E-state index in [2.05, 4.69) is 10.2 Å². The van der Waals surface area contributed by atoms with E-state index in [0.29, 0.717) is 32.0 Å². The lowest BCUT2D eigenvalue weighted by Crippen LogP contribution is -2.45. The van der Waals surface area contributed by atoms with E-state index in [0.717, 1.165) is 37.6 Å². The highest BCUT2D eigenvalue weighted by Gasteiger charge is 2.26. The predicted molar refractivity (Wildman–Crippen MR) is 107 cm³/mol. The van der Waals surface area contributed by atoms with Crippen molar-refractivity contribution in [2.45, 2.75) is 38.1 Å². The van der Waals surface area contributed by atoms with Gasteiger partial charge in [0.15, 0.2) is 0 Å². The van der Waals surface area contributed by atoms with E-state index < -0.39 is 10.0 Å². The van der Waals surface area contributed by atoms with Crippen molar-refractivity contribution in [1.82, 2.24) is 5.32 Å². The summed E-state index contributed by atoms with van der Waals surface area (Å²) >= 11 is 0. The average Bonchev–Trinajstić information content (AvgIpc) is 2.67. The number of hydrogen-bond donors (Lipinski definition) is 1. The molecule has 1 aliphatic carbocycles. The van der Waals surface area contributed by atoms with Crippen LogP contribution in [0.2, 0.25) is 0 Å². The molecule has 2 fully saturated rings. The van der Waals surface area contributed by atoms with Crippen molar-refractivity contribution in [3.63, 3.8) is 0 Å². The van der Waals surface area contributed by atoms with Crippen LogP contribution in [0.1, 0.15) is 32.1 Å². The van der Waals surface area contributed by atoms with E-state index >= 15 is 0 Å². The molecule has 0 unspecified atom stereocenters. The highest BCUT2D eigenvalue weighted by Crippen LogP contribution is 2.31. The number of nitrogens with one attached hydrogen (secondary N) is 1. The maximum atomic E-state index is 12.6. The van der Waals surface area contributed by atoms with Crippen LogP contribution in [-0.2, 0) is 19.6 Å². The van der Waals surface area contributed by atoms with Gasteiger partial charge in [-0.15, -0.1) is 0 Å². The van der Waals surface area contributed by atoms with Gasteiger partial charge in [-0.05, 0) is 25.0 Å². The van der Waals surface area contributed by atoms with Crippen LogP contribution in [0.25, 0.3) is 0 Å². The second-order valence-corrected chi connectivity index (χ2v) is 9.17. The molecule has 1 aromatic rings. The summed E-state index contributed by atoms with van der Waals surface area (Å²) in [5.41, 5.74) is 1.36. The van der Waals surface area contributed by atoms with Crippen molar-refractivity contribution in [1.29, 1.82) is 0 Å². The zero-order chi connectivity index (χ0) is 19.3. The van der Waals surface area contributed by atoms with Gasteiger partial charge in [-0.3, -0.25) is 9.10 Å². The molecule has 0 spiro atoms. The first kappa shape index (κ1) is 19.9. The molecule has 1 amide bonds. The van der Waals surface area contributed by atoms with Gasteiger partial charge in [0.05, 0.1) is 30.8 Å². The first-order valence-electron chi connectivity index (χ1n) is 9.64. The lowest BCUT2D eigenvalue weighted by Gasteiger charge is -2.33. The third kappa shape index (κ3) is 5.35. The minimum Gasteiger partial charge on any atom is -0.378 e. The fraction of sp³-hybridized carbons (Fsp3) is 0.632. The Kier molecular flexibility index (Phi) is 6.59. The molecule has 27 heavy (non-hydrogen) atoms. The zero-order valence-corrected chi connectivity index (χ0v) is 16.7. The Morgan fingerprint density at radius 1 is 1.19 bits per heavy atom. The molecule has 1 aromatic carbocycles. The molecule has 1 N–H and O–H groups in total. The number of morpholine rings is 1. The maximum Gasteiger partial charge on any atom is 0.240 e. The van der Waals surface area contributed by atoms with Gasteiger partial charge < -0.3 is 15.0 Å². The number of nitrogens with zero attached hydrogens (tertiary/aromatic N) is 2. The SMILES string of the molecule is CS(=O)(=O)N(CC(=O)NC1CCCCC1)c1ccccc1N1CCOCC1. The van der Waals surface area contributed by atoms with E-state index in [1.165, 1.54) is 10.7 Å². The van der Waals surface area contributed by atoms with Gasteiger partial charge in [0, 0.05) is 19.1 Å². The largest absolute Gasteiger partial charge is 0.378 e. The monoisotopic (exact) mass is 395 g/mol. The number of anilines is 2. The third-order valence-corrected chi connectivity index (χ3v) is 6.29. The lowest BCUT2D eigenvalue weighted by atomic mass is 9.95. The highest BCUT2D eigenvalue weighted by atomic mass is 32.2. The molecule has 150 valence electrons. The predicted octanol–water partition coefficient (Wildman–Crippen LogP) is 1.74. The van der Waals surface area contributed by atoms with Crippen LogP contribution in [0.5, 0.6) is 0 Å². The molecule has 0 atom stereocenters. The molecule has 0 bridgehead atoms. The van der Waals surface area contributed by atoms with E-state index in [1.54, 1.807) is 12.1 Å². The van der Waals surface area contributed by atoms with E-state index in [-0.39, 0.29) is 18.5 Å². The normalized spacial score (nSPS) is 18.9. The fourth-order valence-corrected chi connectivity index (χ4v) is 4.64. The maximum absolute atomic E-state index is 12.6. The molecule has 8 heteroatoms. The summed E-state index contributed by atoms with van der Waals surface area (Å²) in [6.07, 6.45) is 6.51. The van der Waals surface area contributed by atoms with Gasteiger partial charge in [0.1, 0.15) is 6.54 Å². The molecule has 0 aromatic heterocycles. The fourth-order valence-electron chi connectivity index (χ4n) is 3.78. The number of benzene rings is 1. The van der Waals surface area contributed by atoms with Gasteiger partial charge in [0.25, 0.3) is 0 Å². The van der Waals surface area contributed by atoms with E-state index in [9.17, 15) is 13.2 Å². The summed E-state index contributed by atoms with van der Waals surface area (Å²) in [5.74, 6) is -0.246. The molecule has 7 nitrogen and oxygen atoms in total. The van der Waals surface area contributed by atoms with Gasteiger partial charge in [-0.25, -0.2) is 8.42 Å². The van der Waals surface area contributed by atoms with Crippen molar-refractivity contribution < 1.29 is 17.9 Å². The van der Waals surface area contributed by atoms with Crippen LogP contribution >= 0.6 is 0 Å². The Morgan fingerprint density at radius 2 is 1.85 bits per heavy atom. The second-order valence-electron chi connectivity index (χ2n) is 7.26. The van der Waals surface area contributed by atoms with E-state index in [1.807, 2.05) is 12.1 Å². The molecule has 2 aliphatic rings. The highest BCUT2D eigenvalue weighted by molar-refractivity contribution is 7.92. The number of rotatable bonds is 6. The minimum absolute atomic E-state index is 0.155. The van der Waals surface area contributed by atoms with Crippen LogP contribution in [-0.4, -0.2) is 59.5 Å². The minimum atomic E-state index is -3.60. The summed E-state index contributed by atoms with van der Waals surface area (Å²) in [6, 6.07) is 7.51. The summed E-state index contributed by atoms with van der Waals surface area (Å²) in [4.78, 5) is 14.7. The van der Waals surface area contributed by atoms with Crippen LogP contribution in [0.4, 0.5) is 11.4 Å². The Labute approximate surface area is 161 Å². The number of para-hydroxylation sites is 2. The molecule has 1 aliphatic heterocycles. The van der Waals surface area contributed by atoms with Gasteiger partial charge in [-0.2, -0.15) is 0 Å². The van der Waals surface area contributed by atoms with Crippen LogP contribution < -0.4 is 14.5 Å². The van der Waals surface area contributed by atoms with Gasteiger partial charge in [-0.1, -0.05) is 31.4 Å². The van der Waals surface area contributed by atoms with Crippen LogP contribution in [0.3, 0.4) is 0 Å². The molecule has 1 saturated carbocycles. The lowest BCUT2D eigenvalue weighted by molar-refractivity contribution is -0.120. The number of hydrogen-bond acceptors (Lipinski definition) is 5. The first-order chi connectivity index (χ1) is 12.9. The van der Waals surface area contributed by atoms with Crippen molar-refractivity contribution in [2.24, 2.45) is 0 Å². The van der Waals surface area contributed by atoms with E-state index in [4.69, 9.17) is 4.74 Å². The van der Waals surface area contributed by atoms with Crippen LogP contribution in [0, 0.1) is 0 Å². The quantitative estimate of drug-likeness (QED) is 0.794. The molecular weight excluding hydrogens is 366 g/mol. The Balaban J connectivity index is 1.80. The number of carbonyl (C=O) groups excluding carboxylic acids is 1. The zero-order valence-electron chi connectivity index (χ0n) is 15.9. The van der Waals surface area contributed by atoms with Crippen molar-refractivity contribution in [3.05, 3.63) is 24.3 Å². The van der Waals surface area contributed by atoms with Gasteiger partial charge in [0.2, 0.25) is 15.9 Å². The summed E-state index contributed by atoms with van der Waals surface area (Å²) < 4.78 is 31.6. The molecule has 0 radical (unpaired) electrons. The third-order valence-electron chi connectivity index (χ3n) is 5.16. The van der Waals surface area contributed by atoms with Crippen LogP contribution in [0.15, 0.2) is 24.3 Å². The molecule has 1 saturated heterocycles. The van der Waals surface area contributed by atoms with Gasteiger partial charge >= 0.3 is 0 Å². The number of amides is 1. The molecule has 1 heterocycles. The average molecular weight is 396 g/mol. The number of ether oxygens (including phenoxy) is 1. The Morgan fingerprint density at radius 3 is 2.52 bits per heavy atom. The summed E-state index contributed by atoms with van der Waals surface area (Å²) in [5, 5.41) is 3.01. The molecular formula is C19H29N3O4S. The van der Waals surface area contributed by atoms with Crippen molar-refractivity contribution in [3.8, 4) is 0 Å². The second kappa shape index (κ2) is 8.93. The number of carbonyl (C=O) groups is 1. The topological polar surface area (TPSA) is 79.0 Å². The summed E-state index contributed by atoms with van der Waals surface area (Å²) in [6.45, 7) is 2.41. The summed E-state index contributed by atoms with van der Waals surface area (Å²) in [7, 11) is -3.60. The van der Waals surface area contributed by atoms with Crippen molar-refractivity contribution >= 4 is 27.3 Å². The smallest absolute Gasteiger partial charge is 0.240 e. The standard InChI is InChI=1S/C19H29N3O4S/c1-27(24,25)22(15-19(23)20-16-7-3-2-4-8-16)18-10-6-5-9-17(18)21-11-13-26-14-12-21/h5-6,9-10,16H,2-4,7-8,11-15H2,1H3,(H,20,23). The number of sulfonamides is 1. The first-order valence-corrected chi connectivity index (χ1v) is 11.5. The molecule has 3 rings (SSSR count). The van der Waals surface area contributed by atoms with Crippen molar-refractivity contribution in [2.75, 3.05) is 48.3 Å². The Bertz CT molecular complexity index is 741.